The number of nitrogens with one attached hydrogen (secondary N) is 1. The van der Waals surface area contributed by atoms with Gasteiger partial charge < -0.3 is 10.4 Å². The Kier molecular flexibility index (Phi) is 3.11. The summed E-state index contributed by atoms with van der Waals surface area (Å²) in [6, 6.07) is 0.154. The highest BCUT2D eigenvalue weighted by atomic mass is 16.3. The van der Waals surface area contributed by atoms with E-state index in [1.165, 1.54) is 0 Å². The molecule has 1 fully saturated rings. The lowest BCUT2D eigenvalue weighted by Crippen LogP contribution is -2.27. The summed E-state index contributed by atoms with van der Waals surface area (Å²) in [5, 5.41) is 17.4. The maximum absolute atomic E-state index is 9.36. The van der Waals surface area contributed by atoms with E-state index in [0.717, 1.165) is 56.8 Å². The maximum atomic E-state index is 9.36. The number of rotatable bonds is 2. The highest BCUT2D eigenvalue weighted by Gasteiger charge is 2.26. The van der Waals surface area contributed by atoms with E-state index in [1.54, 1.807) is 0 Å². The van der Waals surface area contributed by atoms with Crippen molar-refractivity contribution in [3.63, 3.8) is 0 Å². The van der Waals surface area contributed by atoms with Crippen LogP contribution < -0.4 is 5.32 Å². The second-order valence-electron chi connectivity index (χ2n) is 5.08. The van der Waals surface area contributed by atoms with Gasteiger partial charge in [0.25, 0.3) is 0 Å². The van der Waals surface area contributed by atoms with Crippen LogP contribution in [0.25, 0.3) is 0 Å². The van der Waals surface area contributed by atoms with Crippen LogP contribution in [0.1, 0.15) is 49.3 Å². The summed E-state index contributed by atoms with van der Waals surface area (Å²) >= 11 is 0. The highest BCUT2D eigenvalue weighted by molar-refractivity contribution is 5.04. The summed E-state index contributed by atoms with van der Waals surface area (Å²) in [4.78, 5) is 4.69. The van der Waals surface area contributed by atoms with Gasteiger partial charge >= 0.3 is 0 Å². The molecule has 3 heterocycles. The average Bonchev–Trinajstić information content (AvgIpc) is 2.83. The molecule has 5 heteroatoms. The number of piperidine rings is 1. The van der Waals surface area contributed by atoms with Gasteiger partial charge in [-0.15, -0.1) is 0 Å². The van der Waals surface area contributed by atoms with Crippen LogP contribution in [0, 0.1) is 0 Å². The topological polar surface area (TPSA) is 63.0 Å². The summed E-state index contributed by atoms with van der Waals surface area (Å²) in [5.41, 5.74) is 0. The molecule has 0 spiro atoms. The first-order valence-corrected chi connectivity index (χ1v) is 6.65. The second kappa shape index (κ2) is 4.74. The molecule has 2 aliphatic heterocycles. The van der Waals surface area contributed by atoms with Crippen molar-refractivity contribution in [2.75, 3.05) is 19.7 Å². The van der Waals surface area contributed by atoms with Gasteiger partial charge in [-0.2, -0.15) is 5.10 Å². The largest absolute Gasteiger partial charge is 0.394 e. The van der Waals surface area contributed by atoms with Crippen molar-refractivity contribution in [1.82, 2.24) is 20.1 Å². The van der Waals surface area contributed by atoms with Crippen molar-refractivity contribution in [2.24, 2.45) is 0 Å². The van der Waals surface area contributed by atoms with Gasteiger partial charge in [-0.05, 0) is 38.8 Å². The third-order valence-corrected chi connectivity index (χ3v) is 3.92. The van der Waals surface area contributed by atoms with E-state index in [-0.39, 0.29) is 12.6 Å². The molecular formula is C12H20N4O. The predicted molar refractivity (Wildman–Crippen MR) is 63.9 cm³/mol. The normalized spacial score (nSPS) is 25.8. The van der Waals surface area contributed by atoms with E-state index in [0.29, 0.717) is 5.92 Å². The molecule has 0 aromatic carbocycles. The number of hydrogen-bond acceptors (Lipinski definition) is 4. The summed E-state index contributed by atoms with van der Waals surface area (Å²) in [6.07, 6.45) is 5.42. The van der Waals surface area contributed by atoms with Gasteiger partial charge in [-0.3, -0.25) is 0 Å². The molecule has 17 heavy (non-hydrogen) atoms. The van der Waals surface area contributed by atoms with Crippen LogP contribution in [0.2, 0.25) is 0 Å². The molecule has 2 N–H and O–H groups in total. The quantitative estimate of drug-likeness (QED) is 0.790. The Morgan fingerprint density at radius 1 is 1.29 bits per heavy atom. The van der Waals surface area contributed by atoms with Crippen LogP contribution in [0.5, 0.6) is 0 Å². The number of fused-ring (bicyclic) bond motifs is 1. The standard InChI is InChI=1S/C12H20N4O/c17-8-10-2-1-3-11-14-12(15-16(10)11)9-4-6-13-7-5-9/h9-10,13,17H,1-8H2. The minimum absolute atomic E-state index is 0.154. The molecule has 0 bridgehead atoms. The zero-order valence-electron chi connectivity index (χ0n) is 10.1. The molecule has 0 aliphatic carbocycles. The SMILES string of the molecule is OCC1CCCc2nc(C3CCNCC3)nn21. The number of aromatic nitrogens is 3. The van der Waals surface area contributed by atoms with Gasteiger partial charge in [0.15, 0.2) is 5.82 Å². The molecule has 1 aromatic heterocycles. The second-order valence-corrected chi connectivity index (χ2v) is 5.08. The Bertz CT molecular complexity index is 384. The van der Waals surface area contributed by atoms with E-state index in [9.17, 15) is 5.11 Å². The molecule has 0 amide bonds. The van der Waals surface area contributed by atoms with E-state index in [4.69, 9.17) is 0 Å². The van der Waals surface area contributed by atoms with Gasteiger partial charge in [0.1, 0.15) is 5.82 Å². The van der Waals surface area contributed by atoms with Crippen LogP contribution in [0.3, 0.4) is 0 Å². The fraction of sp³-hybridized carbons (Fsp3) is 0.833. The molecule has 1 aromatic rings. The molecule has 5 nitrogen and oxygen atoms in total. The van der Waals surface area contributed by atoms with Crippen molar-refractivity contribution < 1.29 is 5.11 Å². The van der Waals surface area contributed by atoms with Crippen molar-refractivity contribution >= 4 is 0 Å². The lowest BCUT2D eigenvalue weighted by atomic mass is 9.98. The fourth-order valence-electron chi connectivity index (χ4n) is 2.88. The number of aryl methyl sites for hydroxylation is 1. The molecule has 1 saturated heterocycles. The Labute approximate surface area is 101 Å². The first kappa shape index (κ1) is 11.2. The average molecular weight is 236 g/mol. The van der Waals surface area contributed by atoms with E-state index >= 15 is 0 Å². The van der Waals surface area contributed by atoms with Crippen molar-refractivity contribution in [3.05, 3.63) is 11.6 Å². The first-order valence-electron chi connectivity index (χ1n) is 6.65. The van der Waals surface area contributed by atoms with Crippen LogP contribution in [-0.2, 0) is 6.42 Å². The third kappa shape index (κ3) is 2.09. The van der Waals surface area contributed by atoms with Crippen LogP contribution >= 0.6 is 0 Å². The molecule has 2 aliphatic rings. The Morgan fingerprint density at radius 3 is 2.88 bits per heavy atom. The van der Waals surface area contributed by atoms with Gasteiger partial charge in [0.05, 0.1) is 12.6 Å². The van der Waals surface area contributed by atoms with Crippen LogP contribution in [-0.4, -0.2) is 39.6 Å². The van der Waals surface area contributed by atoms with E-state index < -0.39 is 0 Å². The van der Waals surface area contributed by atoms with E-state index in [1.807, 2.05) is 4.68 Å². The maximum Gasteiger partial charge on any atom is 0.154 e. The Balaban J connectivity index is 1.84. The molecule has 1 atom stereocenters. The van der Waals surface area contributed by atoms with Gasteiger partial charge in [-0.1, -0.05) is 0 Å². The molecule has 0 saturated carbocycles. The first-order chi connectivity index (χ1) is 8.38. The Hall–Kier alpha value is -0.940. The summed E-state index contributed by atoms with van der Waals surface area (Å²) in [6.45, 7) is 2.32. The van der Waals surface area contributed by atoms with Gasteiger partial charge in [-0.25, -0.2) is 9.67 Å². The number of aliphatic hydroxyl groups is 1. The van der Waals surface area contributed by atoms with E-state index in [2.05, 4.69) is 15.4 Å². The van der Waals surface area contributed by atoms with Crippen molar-refractivity contribution in [1.29, 1.82) is 0 Å². The minimum atomic E-state index is 0.154. The lowest BCUT2D eigenvalue weighted by molar-refractivity contribution is 0.194. The third-order valence-electron chi connectivity index (χ3n) is 3.92. The fourth-order valence-corrected chi connectivity index (χ4v) is 2.88. The lowest BCUT2D eigenvalue weighted by Gasteiger charge is -2.21. The Morgan fingerprint density at radius 2 is 2.12 bits per heavy atom. The highest BCUT2D eigenvalue weighted by Crippen LogP contribution is 2.27. The zero-order chi connectivity index (χ0) is 11.7. The van der Waals surface area contributed by atoms with Crippen molar-refractivity contribution in [3.8, 4) is 0 Å². The smallest absolute Gasteiger partial charge is 0.154 e. The molecule has 94 valence electrons. The van der Waals surface area contributed by atoms with Gasteiger partial charge in [0, 0.05) is 12.3 Å². The molecule has 3 rings (SSSR count). The molecule has 0 radical (unpaired) electrons. The van der Waals surface area contributed by atoms with Crippen LogP contribution in [0.15, 0.2) is 0 Å². The van der Waals surface area contributed by atoms with Gasteiger partial charge in [0.2, 0.25) is 0 Å². The van der Waals surface area contributed by atoms with Crippen molar-refractivity contribution in [2.45, 2.75) is 44.1 Å². The number of aliphatic hydroxyl groups excluding tert-OH is 1. The van der Waals surface area contributed by atoms with Crippen LogP contribution in [0.4, 0.5) is 0 Å². The monoisotopic (exact) mass is 236 g/mol. The minimum Gasteiger partial charge on any atom is -0.394 e. The number of nitrogens with zero attached hydrogens (tertiary/aromatic N) is 3. The zero-order valence-corrected chi connectivity index (χ0v) is 10.1. The molecule has 1 unspecified atom stereocenters. The summed E-state index contributed by atoms with van der Waals surface area (Å²) in [5.74, 6) is 2.58. The summed E-state index contributed by atoms with van der Waals surface area (Å²) < 4.78 is 1.97. The molecular weight excluding hydrogens is 216 g/mol. The predicted octanol–water partition coefficient (Wildman–Crippen LogP) is 0.615. The number of hydrogen-bond donors (Lipinski definition) is 2. The summed E-state index contributed by atoms with van der Waals surface area (Å²) in [7, 11) is 0.